The van der Waals surface area contributed by atoms with Crippen LogP contribution in [0, 0.1) is 0 Å². The van der Waals surface area contributed by atoms with Gasteiger partial charge in [-0.15, -0.1) is 0 Å². The number of hydrogen-bond donors (Lipinski definition) is 7. The Bertz CT molecular complexity index is 1930. The molecule has 3 saturated heterocycles. The number of ether oxygens (including phenoxy) is 2. The van der Waals surface area contributed by atoms with Crippen molar-refractivity contribution in [3.8, 4) is 0 Å². The molecule has 242 valence electrons. The highest BCUT2D eigenvalue weighted by atomic mass is 31.2. The fraction of sp³-hybridized carbons (Fsp3) is 0.476. The number of nitrogens with one attached hydrogen (secondary N) is 1. The van der Waals surface area contributed by atoms with Crippen molar-refractivity contribution in [2.24, 2.45) is 0 Å². The largest absolute Gasteiger partial charge is 0.472 e. The zero-order chi connectivity index (χ0) is 31.8. The summed E-state index contributed by atoms with van der Waals surface area (Å²) in [5, 5.41) is 22.1. The Morgan fingerprint density at radius 2 is 1.47 bits per heavy atom. The molecule has 0 radical (unpaired) electrons. The summed E-state index contributed by atoms with van der Waals surface area (Å²) < 4.78 is 61.2. The molecule has 0 spiro atoms. The molecule has 9 N–H and O–H groups in total. The number of phosphoric acid groups is 2. The number of aromatic amines is 1. The monoisotopic (exact) mass is 673 g/mol. The first-order chi connectivity index (χ1) is 21.3. The van der Waals surface area contributed by atoms with Crippen LogP contribution in [0.5, 0.6) is 0 Å². The van der Waals surface area contributed by atoms with Gasteiger partial charge in [0, 0.05) is 6.20 Å². The second kappa shape index (κ2) is 10.9. The quantitative estimate of drug-likeness (QED) is 0.116. The van der Waals surface area contributed by atoms with Crippen molar-refractivity contribution in [2.45, 2.75) is 49.1 Å². The van der Waals surface area contributed by atoms with E-state index in [0.717, 1.165) is 10.9 Å². The lowest BCUT2D eigenvalue weighted by atomic mass is 10.1. The lowest BCUT2D eigenvalue weighted by molar-refractivity contribution is -0.0672. The minimum absolute atomic E-state index is 0.125. The van der Waals surface area contributed by atoms with Gasteiger partial charge in [-0.2, -0.15) is 4.98 Å². The number of rotatable bonds is 2. The average Bonchev–Trinajstić information content (AvgIpc) is 3.72. The molecule has 2 bridgehead atoms. The molecule has 4 unspecified atom stereocenters. The molecule has 0 amide bonds. The van der Waals surface area contributed by atoms with E-state index < -0.39 is 83.5 Å². The van der Waals surface area contributed by atoms with E-state index in [1.807, 2.05) is 0 Å². The molecule has 3 aliphatic heterocycles. The molecule has 3 aliphatic rings. The van der Waals surface area contributed by atoms with Crippen molar-refractivity contribution in [2.75, 3.05) is 24.7 Å². The van der Waals surface area contributed by atoms with Crippen LogP contribution >= 0.6 is 15.6 Å². The molecule has 45 heavy (non-hydrogen) atoms. The van der Waals surface area contributed by atoms with Gasteiger partial charge in [-0.3, -0.25) is 37.0 Å². The van der Waals surface area contributed by atoms with Crippen molar-refractivity contribution in [1.82, 2.24) is 34.1 Å². The summed E-state index contributed by atoms with van der Waals surface area (Å²) in [4.78, 5) is 52.1. The van der Waals surface area contributed by atoms with E-state index in [1.165, 1.54) is 23.2 Å². The number of phosphoric ester groups is 2. The van der Waals surface area contributed by atoms with E-state index >= 15 is 0 Å². The van der Waals surface area contributed by atoms with Crippen LogP contribution in [-0.2, 0) is 36.7 Å². The van der Waals surface area contributed by atoms with Crippen LogP contribution in [0.25, 0.3) is 22.3 Å². The zero-order valence-electron chi connectivity index (χ0n) is 22.5. The predicted octanol–water partition coefficient (Wildman–Crippen LogP) is -1.74. The maximum Gasteiger partial charge on any atom is 0.472 e. The number of anilines is 2. The summed E-state index contributed by atoms with van der Waals surface area (Å²) in [6, 6.07) is 1.51. The first-order valence-corrected chi connectivity index (χ1v) is 16.1. The van der Waals surface area contributed by atoms with Crippen molar-refractivity contribution in [3.63, 3.8) is 0 Å². The summed E-state index contributed by atoms with van der Waals surface area (Å²) in [6.45, 7) is -1.63. The minimum Gasteiger partial charge on any atom is -0.397 e. The second-order valence-corrected chi connectivity index (χ2v) is 13.1. The third-order valence-corrected chi connectivity index (χ3v) is 9.40. The smallest absolute Gasteiger partial charge is 0.397 e. The van der Waals surface area contributed by atoms with Crippen molar-refractivity contribution in [3.05, 3.63) is 35.3 Å². The normalized spacial score (nSPS) is 37.7. The minimum atomic E-state index is -5.11. The van der Waals surface area contributed by atoms with E-state index in [-0.39, 0.29) is 34.0 Å². The highest BCUT2D eigenvalue weighted by Crippen LogP contribution is 2.53. The number of fused-ring (bicyclic) bond motifs is 5. The Kier molecular flexibility index (Phi) is 7.32. The van der Waals surface area contributed by atoms with Crippen molar-refractivity contribution in [1.29, 1.82) is 0 Å². The van der Waals surface area contributed by atoms with Crippen LogP contribution in [0.15, 0.2) is 29.7 Å². The number of aliphatic hydroxyl groups excluding tert-OH is 2. The highest BCUT2D eigenvalue weighted by Gasteiger charge is 2.54. The number of nitrogens with zero attached hydrogens (tertiary/aromatic N) is 6. The number of nitrogens with two attached hydrogens (primary N) is 2. The Balaban J connectivity index is 1.21. The second-order valence-electron chi connectivity index (χ2n) is 10.3. The van der Waals surface area contributed by atoms with Crippen LogP contribution in [0.2, 0.25) is 0 Å². The number of nitrogen functional groups attached to an aromatic ring is 2. The third kappa shape index (κ3) is 5.33. The number of aromatic nitrogens is 7. The van der Waals surface area contributed by atoms with Gasteiger partial charge in [0.05, 0.1) is 31.6 Å². The third-order valence-electron chi connectivity index (χ3n) is 7.43. The summed E-state index contributed by atoms with van der Waals surface area (Å²) >= 11 is 0. The molecule has 10 atom stereocenters. The van der Waals surface area contributed by atoms with Crippen molar-refractivity contribution >= 4 is 49.6 Å². The molecule has 24 heteroatoms. The molecule has 4 aromatic rings. The Labute approximate surface area is 249 Å². The highest BCUT2D eigenvalue weighted by molar-refractivity contribution is 7.47. The van der Waals surface area contributed by atoms with Gasteiger partial charge in [0.2, 0.25) is 5.95 Å². The van der Waals surface area contributed by atoms with Crippen LogP contribution in [0.3, 0.4) is 0 Å². The Morgan fingerprint density at radius 3 is 2.20 bits per heavy atom. The van der Waals surface area contributed by atoms with Gasteiger partial charge in [0.1, 0.15) is 42.1 Å². The summed E-state index contributed by atoms with van der Waals surface area (Å²) in [5.74, 6) is -0.281. The summed E-state index contributed by atoms with van der Waals surface area (Å²) in [7, 11) is -10.2. The lowest BCUT2D eigenvalue weighted by Crippen LogP contribution is -2.36. The zero-order valence-corrected chi connectivity index (χ0v) is 24.3. The Hall–Kier alpha value is -3.37. The van der Waals surface area contributed by atoms with Gasteiger partial charge in [-0.05, 0) is 6.07 Å². The van der Waals surface area contributed by atoms with Crippen LogP contribution in [0.4, 0.5) is 11.6 Å². The maximum atomic E-state index is 13.2. The fourth-order valence-corrected chi connectivity index (χ4v) is 7.28. The van der Waals surface area contributed by atoms with Gasteiger partial charge in [0.15, 0.2) is 29.3 Å². The maximum absolute atomic E-state index is 13.2. The topological polar surface area (TPSA) is 317 Å². The first-order valence-electron chi connectivity index (χ1n) is 13.1. The first kappa shape index (κ1) is 30.3. The van der Waals surface area contributed by atoms with E-state index in [1.54, 1.807) is 0 Å². The molecule has 7 heterocycles. The van der Waals surface area contributed by atoms with Crippen LogP contribution < -0.4 is 17.0 Å². The van der Waals surface area contributed by atoms with Gasteiger partial charge < -0.3 is 40.9 Å². The number of hydrogen-bond acceptors (Lipinski definition) is 17. The van der Waals surface area contributed by atoms with Gasteiger partial charge in [-0.1, -0.05) is 0 Å². The number of H-pyrrole nitrogens is 1. The SMILES string of the molecule is Nc1nc2c(ncn2[C@@H]2O[C@@H]3COP(=O)(O)OC4[C@@H](COP(=O)(O)O[C@H]2C3O)O[C@@H](n2cnc3c(N)ccnc32)[C@H]4O)c(=O)[nH]1. The molecule has 3 fully saturated rings. The predicted molar refractivity (Wildman–Crippen MR) is 146 cm³/mol. The number of imidazole rings is 2. The van der Waals surface area contributed by atoms with Gasteiger partial charge >= 0.3 is 15.6 Å². The number of pyridine rings is 1. The van der Waals surface area contributed by atoms with Crippen molar-refractivity contribution < 1.29 is 56.7 Å². The van der Waals surface area contributed by atoms with Gasteiger partial charge in [0.25, 0.3) is 5.56 Å². The molecule has 0 saturated carbocycles. The van der Waals surface area contributed by atoms with Crippen LogP contribution in [-0.4, -0.2) is 104 Å². The fourth-order valence-electron chi connectivity index (χ4n) is 5.38. The summed E-state index contributed by atoms with van der Waals surface area (Å²) in [5.41, 5.74) is 11.4. The molecular formula is C21H25N9O13P2. The van der Waals surface area contributed by atoms with Gasteiger partial charge in [-0.25, -0.2) is 24.1 Å². The molecule has 0 aromatic carbocycles. The molecule has 7 rings (SSSR count). The lowest BCUT2D eigenvalue weighted by Gasteiger charge is -2.25. The molecule has 22 nitrogen and oxygen atoms in total. The van der Waals surface area contributed by atoms with E-state index in [4.69, 9.17) is 39.0 Å². The molecule has 4 aromatic heterocycles. The Morgan fingerprint density at radius 1 is 0.844 bits per heavy atom. The van der Waals surface area contributed by atoms with E-state index in [9.17, 15) is 33.9 Å². The van der Waals surface area contributed by atoms with E-state index in [2.05, 4.69) is 24.9 Å². The standard InChI is InChI=1S/C21H25N9O13P2/c22-7-1-2-24-16-10(7)25-5-29(16)19-13(32)14-9(41-19)4-39-45(36,37)43-15-12(31)8(3-38-44(34,35)42-14)40-20(15)30-6-26-11-17(30)27-21(23)28-18(11)33/h1-2,5-6,8-9,12-15,19-20,31-32H,3-4H2,(H2,22,24)(H,34,35)(H,36,37)(H3,23,27,28,33)/t8-,9-,12?,13+,14?,15+,19-,20-/m1/s1. The average molecular weight is 673 g/mol. The molecular weight excluding hydrogens is 648 g/mol. The number of aliphatic hydroxyl groups is 2. The van der Waals surface area contributed by atoms with E-state index in [0.29, 0.717) is 0 Å². The molecule has 0 aliphatic carbocycles. The van der Waals surface area contributed by atoms with Crippen LogP contribution in [0.1, 0.15) is 12.5 Å². The summed E-state index contributed by atoms with van der Waals surface area (Å²) in [6.07, 6.45) is -8.82.